The molecule has 10 rings (SSSR count). The maximum absolute atomic E-state index is 14.4. The van der Waals surface area contributed by atoms with Gasteiger partial charge in [-0.05, 0) is 68.0 Å². The van der Waals surface area contributed by atoms with Gasteiger partial charge in [0.05, 0.1) is 31.6 Å². The Kier molecular flexibility index (Phi) is 8.39. The fourth-order valence-electron chi connectivity index (χ4n) is 11.1. The van der Waals surface area contributed by atoms with Crippen LogP contribution in [0, 0.1) is 13.8 Å². The van der Waals surface area contributed by atoms with E-state index in [0.29, 0.717) is 75.3 Å². The lowest BCUT2D eigenvalue weighted by atomic mass is 9.75. The summed E-state index contributed by atoms with van der Waals surface area (Å²) in [5.74, 6) is 1.68. The third-order valence-corrected chi connectivity index (χ3v) is 14.2. The molecule has 15 heteroatoms. The normalized spacial score (nSPS) is 28.7. The molecular weight excluding hydrogens is 767 g/mol. The van der Waals surface area contributed by atoms with Crippen LogP contribution in [0.1, 0.15) is 88.3 Å². The highest BCUT2D eigenvalue weighted by atomic mass is 32.2. The lowest BCUT2D eigenvalue weighted by Crippen LogP contribution is -2.66. The van der Waals surface area contributed by atoms with Crippen molar-refractivity contribution in [3.63, 3.8) is 0 Å². The van der Waals surface area contributed by atoms with E-state index >= 15 is 0 Å². The Balaban J connectivity index is 1.15. The fourth-order valence-corrected chi connectivity index (χ4v) is 12.1. The number of fused-ring (bicyclic) bond motifs is 13. The average Bonchev–Trinajstić information content (AvgIpc) is 3.94. The number of esters is 2. The number of phenolic OH excluding ortho intramolecular Hbond substituents is 1. The van der Waals surface area contributed by atoms with Crippen LogP contribution >= 0.6 is 11.8 Å². The van der Waals surface area contributed by atoms with Crippen molar-refractivity contribution in [2.24, 2.45) is 0 Å². The van der Waals surface area contributed by atoms with Crippen molar-refractivity contribution in [1.82, 2.24) is 15.1 Å². The zero-order valence-corrected chi connectivity index (χ0v) is 33.9. The molecule has 304 valence electrons. The molecule has 3 aromatic carbocycles. The number of nitrogens with zero attached hydrogens (tertiary/aromatic N) is 2. The van der Waals surface area contributed by atoms with Gasteiger partial charge in [-0.1, -0.05) is 6.58 Å². The van der Waals surface area contributed by atoms with E-state index in [2.05, 4.69) is 29.8 Å². The van der Waals surface area contributed by atoms with E-state index in [1.165, 1.54) is 18.7 Å². The second-order valence-electron chi connectivity index (χ2n) is 16.2. The van der Waals surface area contributed by atoms with Crippen LogP contribution in [0.15, 0.2) is 40.7 Å². The molecule has 7 heterocycles. The molecule has 14 nitrogen and oxygen atoms in total. The predicted molar refractivity (Wildman–Crippen MR) is 211 cm³/mol. The van der Waals surface area contributed by atoms with Gasteiger partial charge in [-0.2, -0.15) is 0 Å². The Morgan fingerprint density at radius 2 is 1.90 bits per heavy atom. The first-order valence-corrected chi connectivity index (χ1v) is 20.4. The molecule has 0 aliphatic carbocycles. The number of carbonyl (C=O) groups is 2. The highest BCUT2D eigenvalue weighted by Gasteiger charge is 2.71. The number of hydrogen-bond donors (Lipinski definition) is 3. The number of methoxy groups -OCH3 is 2. The standard InChI is InChI=1S/C43H45N3O11S/c1-8-58-40-30-29(39-37(54-18-55-39)20(3)36(30)56-21(4)47)26(15-53-41(49)31-38-23(11-12-44-31)24-14-22(51-6)9-10-27(24)57-38)46-33(40)32-28-25(13-19(2)35(52-7)34(28)48)42(5)16-43(46,50)17-45(32)42/h8-10,13-14,26,31-33,40,44,48,50H,1,11-12,15-18H2,2-7H3/t26-,31+,32+,33?,40+,42?,43-/m0/s1. The van der Waals surface area contributed by atoms with Gasteiger partial charge in [-0.25, -0.2) is 4.79 Å². The summed E-state index contributed by atoms with van der Waals surface area (Å²) in [5.41, 5.74) is 3.66. The molecule has 6 aliphatic rings. The number of aliphatic hydroxyl groups is 1. The first-order valence-electron chi connectivity index (χ1n) is 19.4. The van der Waals surface area contributed by atoms with Gasteiger partial charge in [0.25, 0.3) is 0 Å². The van der Waals surface area contributed by atoms with Gasteiger partial charge in [0.1, 0.15) is 35.2 Å². The lowest BCUT2D eigenvalue weighted by molar-refractivity contribution is -0.194. The molecule has 0 spiro atoms. The lowest BCUT2D eigenvalue weighted by Gasteiger charge is -2.58. The van der Waals surface area contributed by atoms with Crippen molar-refractivity contribution in [3.8, 4) is 34.5 Å². The Morgan fingerprint density at radius 1 is 1.10 bits per heavy atom. The van der Waals surface area contributed by atoms with E-state index in [-0.39, 0.29) is 32.1 Å². The molecular formula is C43H45N3O11S. The molecule has 7 atom stereocenters. The van der Waals surface area contributed by atoms with Gasteiger partial charge in [0.2, 0.25) is 6.79 Å². The quantitative estimate of drug-likeness (QED) is 0.143. The minimum atomic E-state index is -1.45. The molecule has 6 aliphatic heterocycles. The predicted octanol–water partition coefficient (Wildman–Crippen LogP) is 5.88. The van der Waals surface area contributed by atoms with Crippen LogP contribution in [-0.2, 0) is 26.3 Å². The first-order chi connectivity index (χ1) is 27.8. The average molecular weight is 812 g/mol. The molecule has 4 aromatic rings. The number of rotatable bonds is 8. The number of hydrogen-bond acceptors (Lipinski definition) is 15. The number of aryl methyl sites for hydroxylation is 1. The van der Waals surface area contributed by atoms with Crippen LogP contribution in [0.25, 0.3) is 11.0 Å². The van der Waals surface area contributed by atoms with Gasteiger partial charge in [-0.3, -0.25) is 19.9 Å². The highest BCUT2D eigenvalue weighted by Crippen LogP contribution is 2.70. The van der Waals surface area contributed by atoms with Crippen molar-refractivity contribution in [1.29, 1.82) is 0 Å². The summed E-state index contributed by atoms with van der Waals surface area (Å²) < 4.78 is 42.3. The second-order valence-corrected chi connectivity index (χ2v) is 17.3. The van der Waals surface area contributed by atoms with E-state index in [1.54, 1.807) is 19.6 Å². The third kappa shape index (κ3) is 4.94. The number of aromatic hydroxyl groups is 1. The Bertz CT molecular complexity index is 2470. The number of ether oxygens (including phenoxy) is 6. The maximum Gasteiger partial charge on any atom is 0.331 e. The van der Waals surface area contributed by atoms with Crippen molar-refractivity contribution in [3.05, 3.63) is 81.0 Å². The van der Waals surface area contributed by atoms with E-state index < -0.39 is 52.6 Å². The van der Waals surface area contributed by atoms with Crippen LogP contribution in [0.5, 0.6) is 34.5 Å². The summed E-state index contributed by atoms with van der Waals surface area (Å²) in [6, 6.07) is 4.83. The summed E-state index contributed by atoms with van der Waals surface area (Å²) in [7, 11) is 3.15. The van der Waals surface area contributed by atoms with Crippen LogP contribution in [-0.4, -0.2) is 84.4 Å². The molecule has 2 fully saturated rings. The second kappa shape index (κ2) is 13.0. The topological polar surface area (TPSA) is 162 Å². The fraction of sp³-hybridized carbons (Fsp3) is 0.442. The molecule has 0 saturated carbocycles. The van der Waals surface area contributed by atoms with Crippen molar-refractivity contribution >= 4 is 34.7 Å². The molecule has 2 bridgehead atoms. The Labute approximate surface area is 338 Å². The highest BCUT2D eigenvalue weighted by molar-refractivity contribution is 8.02. The van der Waals surface area contributed by atoms with Gasteiger partial charge in [0.15, 0.2) is 29.0 Å². The number of thioether (sulfide) groups is 1. The van der Waals surface area contributed by atoms with Gasteiger partial charge in [-0.15, -0.1) is 11.8 Å². The van der Waals surface area contributed by atoms with E-state index in [0.717, 1.165) is 22.1 Å². The Morgan fingerprint density at radius 3 is 2.64 bits per heavy atom. The molecule has 1 aromatic heterocycles. The largest absolute Gasteiger partial charge is 0.504 e. The monoisotopic (exact) mass is 811 g/mol. The van der Waals surface area contributed by atoms with Gasteiger partial charge in [0, 0.05) is 71.2 Å². The van der Waals surface area contributed by atoms with Crippen molar-refractivity contribution in [2.75, 3.05) is 40.7 Å². The molecule has 0 radical (unpaired) electrons. The van der Waals surface area contributed by atoms with E-state index in [1.807, 2.05) is 36.9 Å². The summed E-state index contributed by atoms with van der Waals surface area (Å²) in [4.78, 5) is 31.6. The number of carbonyl (C=O) groups excluding carboxylic acids is 2. The minimum Gasteiger partial charge on any atom is -0.504 e. The number of nitrogens with one attached hydrogen (secondary N) is 1. The molecule has 2 saturated heterocycles. The summed E-state index contributed by atoms with van der Waals surface area (Å²) in [6.45, 7) is 11.8. The molecule has 3 N–H and O–H groups in total. The van der Waals surface area contributed by atoms with Crippen LogP contribution in [0.3, 0.4) is 0 Å². The number of benzene rings is 3. The molecule has 58 heavy (non-hydrogen) atoms. The van der Waals surface area contributed by atoms with Crippen LogP contribution < -0.4 is 29.0 Å². The first kappa shape index (κ1) is 37.3. The Hall–Kier alpha value is -4.93. The van der Waals surface area contributed by atoms with E-state index in [9.17, 15) is 19.8 Å². The molecule has 0 amide bonds. The van der Waals surface area contributed by atoms with Gasteiger partial charge < -0.3 is 43.1 Å². The summed E-state index contributed by atoms with van der Waals surface area (Å²) >= 11 is 1.43. The van der Waals surface area contributed by atoms with Crippen molar-refractivity contribution in [2.45, 2.75) is 81.2 Å². The van der Waals surface area contributed by atoms with Gasteiger partial charge >= 0.3 is 11.9 Å². The van der Waals surface area contributed by atoms with Crippen LogP contribution in [0.2, 0.25) is 0 Å². The number of piperazine rings is 1. The summed E-state index contributed by atoms with van der Waals surface area (Å²) in [6.07, 6.45) is 0.936. The van der Waals surface area contributed by atoms with Crippen molar-refractivity contribution < 1.29 is 52.6 Å². The summed E-state index contributed by atoms with van der Waals surface area (Å²) in [5, 5.41) is 30.6. The third-order valence-electron chi connectivity index (χ3n) is 13.2. The number of furan rings is 1. The van der Waals surface area contributed by atoms with E-state index in [4.69, 9.17) is 32.8 Å². The van der Waals surface area contributed by atoms with Crippen LogP contribution in [0.4, 0.5) is 0 Å². The molecule has 2 unspecified atom stereocenters. The maximum atomic E-state index is 14.4. The SMILES string of the molecule is C=CS[C@@H]1c2c(OC(C)=O)c(C)c3c(c2[C@H](COC(=O)[C@@H]2NCCc4c2oc2ccc(OC)cc42)N2C1[C@H]1c4c(cc(C)c(OC)c4O)C4(C)C[C@]2(O)CN14)OCO3. The smallest absolute Gasteiger partial charge is 0.331 e. The number of phenols is 1. The zero-order valence-electron chi connectivity index (χ0n) is 33.1. The zero-order chi connectivity index (χ0) is 40.6. The minimum absolute atomic E-state index is 0.0457.